The molecule has 3 N–H and O–H groups in total. The van der Waals surface area contributed by atoms with Crippen molar-refractivity contribution in [3.63, 3.8) is 0 Å². The van der Waals surface area contributed by atoms with Crippen LogP contribution in [0.2, 0.25) is 0 Å². The van der Waals surface area contributed by atoms with Gasteiger partial charge in [0.2, 0.25) is 0 Å². The van der Waals surface area contributed by atoms with Crippen molar-refractivity contribution in [3.05, 3.63) is 16.4 Å². The number of hydrogen-bond donors (Lipinski definition) is 2. The molecule has 7 nitrogen and oxygen atoms in total. The third-order valence-corrected chi connectivity index (χ3v) is 6.22. The van der Waals surface area contributed by atoms with Crippen molar-refractivity contribution in [2.45, 2.75) is 25.4 Å². The molecule has 0 bridgehead atoms. The third kappa shape index (κ3) is 4.26. The van der Waals surface area contributed by atoms with Gasteiger partial charge in [-0.2, -0.15) is 5.10 Å². The van der Waals surface area contributed by atoms with Gasteiger partial charge in [-0.3, -0.25) is 16.0 Å². The molecule has 120 valence electrons. The van der Waals surface area contributed by atoms with Crippen LogP contribution in [0.4, 0.5) is 0 Å². The molecule has 2 rings (SSSR count). The molecule has 0 spiro atoms. The van der Waals surface area contributed by atoms with Crippen molar-refractivity contribution >= 4 is 25.8 Å². The average Bonchev–Trinajstić information content (AvgIpc) is 2.96. The molecule has 0 radical (unpaired) electrons. The maximum Gasteiger partial charge on any atom is 0.150 e. The summed E-state index contributed by atoms with van der Waals surface area (Å²) in [5.74, 6) is 6.34. The predicted octanol–water partition coefficient (Wildman–Crippen LogP) is 0.621. The molecule has 1 aromatic heterocycles. The Balaban J connectivity index is 2.12. The summed E-state index contributed by atoms with van der Waals surface area (Å²) in [6, 6.07) is -0.142. The van der Waals surface area contributed by atoms with Crippen molar-refractivity contribution in [3.8, 4) is 0 Å². The highest BCUT2D eigenvalue weighted by Gasteiger charge is 2.31. The molecule has 1 aromatic rings. The van der Waals surface area contributed by atoms with Crippen LogP contribution in [-0.4, -0.2) is 43.4 Å². The number of sulfone groups is 1. The molecule has 2 heterocycles. The van der Waals surface area contributed by atoms with Crippen molar-refractivity contribution in [2.24, 2.45) is 11.8 Å². The number of ether oxygens (including phenoxy) is 1. The molecule has 9 heteroatoms. The number of halogens is 1. The lowest BCUT2D eigenvalue weighted by atomic mass is 9.97. The predicted molar refractivity (Wildman–Crippen MR) is 83.2 cm³/mol. The van der Waals surface area contributed by atoms with Gasteiger partial charge in [0.05, 0.1) is 47.1 Å². The minimum atomic E-state index is -2.88. The van der Waals surface area contributed by atoms with Crippen LogP contribution in [0.25, 0.3) is 0 Å². The number of aromatic nitrogens is 2. The van der Waals surface area contributed by atoms with Crippen LogP contribution < -0.4 is 11.3 Å². The van der Waals surface area contributed by atoms with Gasteiger partial charge in [-0.05, 0) is 34.7 Å². The van der Waals surface area contributed by atoms with E-state index in [9.17, 15) is 8.42 Å². The van der Waals surface area contributed by atoms with Crippen LogP contribution in [0.15, 0.2) is 10.7 Å². The molecular formula is C12H21BrN4O3S. The Morgan fingerprint density at radius 3 is 3.00 bits per heavy atom. The van der Waals surface area contributed by atoms with E-state index in [0.717, 1.165) is 10.2 Å². The molecule has 2 unspecified atom stereocenters. The fourth-order valence-corrected chi connectivity index (χ4v) is 5.18. The summed E-state index contributed by atoms with van der Waals surface area (Å²) in [7, 11) is -1.24. The van der Waals surface area contributed by atoms with Gasteiger partial charge in [0.25, 0.3) is 0 Å². The number of rotatable bonds is 7. The second-order valence-corrected chi connectivity index (χ2v) is 8.40. The van der Waals surface area contributed by atoms with Gasteiger partial charge in [0, 0.05) is 7.11 Å². The SMILES string of the molecule is COCCn1ncc(Br)c1C(CC1CCS(=O)(=O)C1)NN. The van der Waals surface area contributed by atoms with E-state index in [2.05, 4.69) is 26.5 Å². The maximum absolute atomic E-state index is 11.6. The summed E-state index contributed by atoms with van der Waals surface area (Å²) >= 11 is 3.48. The van der Waals surface area contributed by atoms with Crippen LogP contribution >= 0.6 is 15.9 Å². The van der Waals surface area contributed by atoms with E-state index in [1.165, 1.54) is 0 Å². The number of hydrazine groups is 1. The van der Waals surface area contributed by atoms with Gasteiger partial charge in [-0.25, -0.2) is 8.42 Å². The normalized spacial score (nSPS) is 22.5. The van der Waals surface area contributed by atoms with Crippen LogP contribution in [0.5, 0.6) is 0 Å². The molecule has 0 aliphatic carbocycles. The van der Waals surface area contributed by atoms with E-state index in [4.69, 9.17) is 10.6 Å². The van der Waals surface area contributed by atoms with Gasteiger partial charge in [-0.15, -0.1) is 0 Å². The zero-order chi connectivity index (χ0) is 15.5. The smallest absolute Gasteiger partial charge is 0.150 e. The van der Waals surface area contributed by atoms with E-state index in [0.29, 0.717) is 26.0 Å². The largest absolute Gasteiger partial charge is 0.383 e. The number of nitrogens with two attached hydrogens (primary N) is 1. The summed E-state index contributed by atoms with van der Waals surface area (Å²) < 4.78 is 30.9. The topological polar surface area (TPSA) is 99.2 Å². The van der Waals surface area contributed by atoms with Gasteiger partial charge in [0.1, 0.15) is 0 Å². The minimum Gasteiger partial charge on any atom is -0.383 e. The van der Waals surface area contributed by atoms with E-state index >= 15 is 0 Å². The second kappa shape index (κ2) is 7.19. The first-order valence-corrected chi connectivity index (χ1v) is 9.45. The van der Waals surface area contributed by atoms with Crippen LogP contribution in [0.1, 0.15) is 24.6 Å². The van der Waals surface area contributed by atoms with Crippen LogP contribution in [0, 0.1) is 5.92 Å². The molecule has 0 saturated carbocycles. The van der Waals surface area contributed by atoms with Crippen LogP contribution in [0.3, 0.4) is 0 Å². The Labute approximate surface area is 133 Å². The summed E-state index contributed by atoms with van der Waals surface area (Å²) in [6.07, 6.45) is 3.10. The van der Waals surface area contributed by atoms with Crippen molar-refractivity contribution in [1.29, 1.82) is 0 Å². The number of hydrogen-bond acceptors (Lipinski definition) is 6. The number of methoxy groups -OCH3 is 1. The first kappa shape index (κ1) is 16.9. The quantitative estimate of drug-likeness (QED) is 0.531. The summed E-state index contributed by atoms with van der Waals surface area (Å²) in [4.78, 5) is 0. The van der Waals surface area contributed by atoms with Crippen molar-refractivity contribution in [2.75, 3.05) is 25.2 Å². The van der Waals surface area contributed by atoms with Crippen LogP contribution in [-0.2, 0) is 21.1 Å². The van der Waals surface area contributed by atoms with E-state index in [1.54, 1.807) is 13.3 Å². The standard InChI is InChI=1S/C12H21BrN4O3S/c1-20-4-3-17-12(10(13)7-15-17)11(16-14)6-9-2-5-21(18,19)8-9/h7,9,11,16H,2-6,8,14H2,1H3. The highest BCUT2D eigenvalue weighted by molar-refractivity contribution is 9.10. The fourth-order valence-electron chi connectivity index (χ4n) is 2.72. The van der Waals surface area contributed by atoms with E-state index < -0.39 is 9.84 Å². The fraction of sp³-hybridized carbons (Fsp3) is 0.750. The molecular weight excluding hydrogens is 360 g/mol. The first-order chi connectivity index (χ1) is 9.96. The lowest BCUT2D eigenvalue weighted by molar-refractivity contribution is 0.181. The summed E-state index contributed by atoms with van der Waals surface area (Å²) in [5.41, 5.74) is 3.72. The Morgan fingerprint density at radius 2 is 2.43 bits per heavy atom. The average molecular weight is 381 g/mol. The Hall–Kier alpha value is -0.480. The van der Waals surface area contributed by atoms with Gasteiger partial charge in [0.15, 0.2) is 9.84 Å². The van der Waals surface area contributed by atoms with Crippen molar-refractivity contribution < 1.29 is 13.2 Å². The van der Waals surface area contributed by atoms with Gasteiger partial charge >= 0.3 is 0 Å². The second-order valence-electron chi connectivity index (χ2n) is 5.32. The van der Waals surface area contributed by atoms with Gasteiger partial charge in [-0.1, -0.05) is 0 Å². The highest BCUT2D eigenvalue weighted by atomic mass is 79.9. The summed E-state index contributed by atoms with van der Waals surface area (Å²) in [6.45, 7) is 1.18. The molecule has 1 aliphatic heterocycles. The first-order valence-electron chi connectivity index (χ1n) is 6.83. The molecule has 0 amide bonds. The molecule has 21 heavy (non-hydrogen) atoms. The molecule has 1 fully saturated rings. The Morgan fingerprint density at radius 1 is 1.67 bits per heavy atom. The monoisotopic (exact) mass is 380 g/mol. The molecule has 1 saturated heterocycles. The molecule has 2 atom stereocenters. The molecule has 0 aromatic carbocycles. The van der Waals surface area contributed by atoms with E-state index in [1.807, 2.05) is 4.68 Å². The van der Waals surface area contributed by atoms with Crippen molar-refractivity contribution in [1.82, 2.24) is 15.2 Å². The van der Waals surface area contributed by atoms with E-state index in [-0.39, 0.29) is 23.5 Å². The maximum atomic E-state index is 11.6. The number of nitrogens with zero attached hydrogens (tertiary/aromatic N) is 2. The zero-order valence-corrected chi connectivity index (χ0v) is 14.4. The third-order valence-electron chi connectivity index (χ3n) is 3.77. The zero-order valence-electron chi connectivity index (χ0n) is 12.0. The highest BCUT2D eigenvalue weighted by Crippen LogP contribution is 2.31. The number of nitrogens with one attached hydrogen (secondary N) is 1. The Kier molecular flexibility index (Phi) is 5.78. The lowest BCUT2D eigenvalue weighted by Gasteiger charge is -2.21. The van der Waals surface area contributed by atoms with Gasteiger partial charge < -0.3 is 4.74 Å². The molecule has 1 aliphatic rings. The minimum absolute atomic E-state index is 0.133. The Bertz CT molecular complexity index is 575. The lowest BCUT2D eigenvalue weighted by Crippen LogP contribution is -2.32. The summed E-state index contributed by atoms with van der Waals surface area (Å²) in [5, 5.41) is 4.30.